The van der Waals surface area contributed by atoms with E-state index in [0.29, 0.717) is 13.0 Å². The van der Waals surface area contributed by atoms with Gasteiger partial charge in [0.15, 0.2) is 0 Å². The van der Waals surface area contributed by atoms with Crippen LogP contribution in [0.5, 0.6) is 5.75 Å². The summed E-state index contributed by atoms with van der Waals surface area (Å²) in [5.74, 6) is 1.02. The van der Waals surface area contributed by atoms with Crippen LogP contribution >= 0.6 is 0 Å². The van der Waals surface area contributed by atoms with E-state index in [4.69, 9.17) is 4.74 Å². The predicted octanol–water partition coefficient (Wildman–Crippen LogP) is 2.65. The maximum absolute atomic E-state index is 11.3. The molecule has 0 radical (unpaired) electrons. The minimum absolute atomic E-state index is 0.0792. The molecule has 1 amide bonds. The number of methoxy groups -OCH3 is 1. The van der Waals surface area contributed by atoms with E-state index in [0.717, 1.165) is 22.4 Å². The topological polar surface area (TPSA) is 38.3 Å². The van der Waals surface area contributed by atoms with Crippen molar-refractivity contribution in [1.82, 2.24) is 5.32 Å². The number of carbonyl (C=O) groups is 1. The molecule has 0 fully saturated rings. The summed E-state index contributed by atoms with van der Waals surface area (Å²) in [7, 11) is 1.69. The normalized spacial score (nSPS) is 10.2. The lowest BCUT2D eigenvalue weighted by atomic mass is 9.98. The van der Waals surface area contributed by atoms with Crippen LogP contribution in [-0.4, -0.2) is 13.0 Å². The van der Waals surface area contributed by atoms with Gasteiger partial charge in [-0.05, 0) is 43.0 Å². The Morgan fingerprint density at radius 3 is 2.47 bits per heavy atom. The number of hydrogen-bond acceptors (Lipinski definition) is 2. The van der Waals surface area contributed by atoms with E-state index < -0.39 is 0 Å². The molecule has 0 spiro atoms. The van der Waals surface area contributed by atoms with Crippen LogP contribution in [0.4, 0.5) is 0 Å². The molecule has 0 aromatic heterocycles. The van der Waals surface area contributed by atoms with Crippen molar-refractivity contribution in [3.05, 3.63) is 28.3 Å². The smallest absolute Gasteiger partial charge is 0.219 e. The molecule has 1 aromatic rings. The third-order valence-electron chi connectivity index (χ3n) is 3.13. The number of amides is 1. The molecule has 0 aliphatic rings. The Bertz CT molecular complexity index is 425. The van der Waals surface area contributed by atoms with Gasteiger partial charge >= 0.3 is 0 Å². The Hall–Kier alpha value is -1.51. The van der Waals surface area contributed by atoms with E-state index in [2.05, 4.69) is 18.3 Å². The Balaban J connectivity index is 2.98. The summed E-state index contributed by atoms with van der Waals surface area (Å²) in [6.07, 6.45) is 0.521. The van der Waals surface area contributed by atoms with Crippen molar-refractivity contribution in [2.75, 3.05) is 7.11 Å². The molecule has 0 bridgehead atoms. The molecule has 3 heteroatoms. The van der Waals surface area contributed by atoms with Gasteiger partial charge in [0, 0.05) is 13.0 Å². The summed E-state index contributed by atoms with van der Waals surface area (Å²) in [5, 5.41) is 2.90. The zero-order valence-electron chi connectivity index (χ0n) is 11.3. The second-order valence-corrected chi connectivity index (χ2v) is 4.27. The summed E-state index contributed by atoms with van der Waals surface area (Å²) < 4.78 is 5.37. The average Bonchev–Trinajstić information content (AvgIpc) is 2.32. The Morgan fingerprint density at radius 2 is 1.94 bits per heavy atom. The number of aryl methyl sites for hydroxylation is 1. The highest BCUT2D eigenvalue weighted by molar-refractivity contribution is 5.75. The zero-order valence-corrected chi connectivity index (χ0v) is 11.3. The lowest BCUT2D eigenvalue weighted by Gasteiger charge is -2.16. The van der Waals surface area contributed by atoms with Crippen LogP contribution in [-0.2, 0) is 11.3 Å². The molecular weight excluding hydrogens is 214 g/mol. The van der Waals surface area contributed by atoms with Crippen LogP contribution in [0.2, 0.25) is 0 Å². The molecule has 0 atom stereocenters. The van der Waals surface area contributed by atoms with E-state index in [1.807, 2.05) is 20.8 Å². The van der Waals surface area contributed by atoms with E-state index in [9.17, 15) is 4.79 Å². The van der Waals surface area contributed by atoms with Gasteiger partial charge in [-0.3, -0.25) is 4.79 Å². The standard InChI is InChI=1S/C14H21NO2/c1-6-13(16)15-8-12-7-9(2)14(17-5)11(4)10(12)3/h7H,6,8H2,1-5H3,(H,15,16). The molecule has 0 aliphatic heterocycles. The van der Waals surface area contributed by atoms with E-state index in [1.165, 1.54) is 5.56 Å². The maximum Gasteiger partial charge on any atom is 0.219 e. The molecule has 17 heavy (non-hydrogen) atoms. The van der Waals surface area contributed by atoms with Crippen molar-refractivity contribution in [3.63, 3.8) is 0 Å². The fraction of sp³-hybridized carbons (Fsp3) is 0.500. The quantitative estimate of drug-likeness (QED) is 0.871. The minimum atomic E-state index is 0.0792. The fourth-order valence-electron chi connectivity index (χ4n) is 1.96. The van der Waals surface area contributed by atoms with Crippen LogP contribution in [0.1, 0.15) is 35.6 Å². The SMILES string of the molecule is CCC(=O)NCc1cc(C)c(OC)c(C)c1C. The number of carbonyl (C=O) groups excluding carboxylic acids is 1. The van der Waals surface area contributed by atoms with E-state index in [-0.39, 0.29) is 5.91 Å². The number of ether oxygens (including phenoxy) is 1. The van der Waals surface area contributed by atoms with Gasteiger partial charge in [-0.15, -0.1) is 0 Å². The van der Waals surface area contributed by atoms with Crippen molar-refractivity contribution in [1.29, 1.82) is 0 Å². The number of benzene rings is 1. The van der Waals surface area contributed by atoms with Crippen LogP contribution in [0.15, 0.2) is 6.07 Å². The van der Waals surface area contributed by atoms with Crippen molar-refractivity contribution in [2.45, 2.75) is 40.7 Å². The molecule has 1 N–H and O–H groups in total. The first kappa shape index (κ1) is 13.6. The molecule has 0 unspecified atom stereocenters. The largest absolute Gasteiger partial charge is 0.496 e. The molecule has 0 saturated carbocycles. The van der Waals surface area contributed by atoms with Gasteiger partial charge in [-0.1, -0.05) is 13.0 Å². The summed E-state index contributed by atoms with van der Waals surface area (Å²) in [5.41, 5.74) is 4.59. The average molecular weight is 235 g/mol. The molecular formula is C14H21NO2. The van der Waals surface area contributed by atoms with Crippen LogP contribution in [0.3, 0.4) is 0 Å². The Morgan fingerprint density at radius 1 is 1.29 bits per heavy atom. The molecule has 1 rings (SSSR count). The highest BCUT2D eigenvalue weighted by Crippen LogP contribution is 2.28. The molecule has 0 saturated heterocycles. The molecule has 0 heterocycles. The van der Waals surface area contributed by atoms with Crippen LogP contribution in [0, 0.1) is 20.8 Å². The first-order valence-electron chi connectivity index (χ1n) is 5.91. The molecule has 0 aliphatic carbocycles. The Labute approximate surface area is 103 Å². The predicted molar refractivity (Wildman–Crippen MR) is 69.3 cm³/mol. The van der Waals surface area contributed by atoms with Crippen molar-refractivity contribution >= 4 is 5.91 Å². The highest BCUT2D eigenvalue weighted by atomic mass is 16.5. The fourth-order valence-corrected chi connectivity index (χ4v) is 1.96. The minimum Gasteiger partial charge on any atom is -0.496 e. The number of hydrogen-bond donors (Lipinski definition) is 1. The van der Waals surface area contributed by atoms with Crippen LogP contribution < -0.4 is 10.1 Å². The van der Waals surface area contributed by atoms with E-state index in [1.54, 1.807) is 7.11 Å². The zero-order chi connectivity index (χ0) is 13.0. The lowest BCUT2D eigenvalue weighted by Crippen LogP contribution is -2.22. The van der Waals surface area contributed by atoms with Gasteiger partial charge < -0.3 is 10.1 Å². The number of nitrogens with one attached hydrogen (secondary N) is 1. The van der Waals surface area contributed by atoms with Gasteiger partial charge in [0.25, 0.3) is 0 Å². The second-order valence-electron chi connectivity index (χ2n) is 4.27. The highest BCUT2D eigenvalue weighted by Gasteiger charge is 2.10. The summed E-state index contributed by atoms with van der Waals surface area (Å²) >= 11 is 0. The van der Waals surface area contributed by atoms with Gasteiger partial charge in [0.1, 0.15) is 5.75 Å². The molecule has 3 nitrogen and oxygen atoms in total. The molecule has 94 valence electrons. The third kappa shape index (κ3) is 2.99. The summed E-state index contributed by atoms with van der Waals surface area (Å²) in [4.78, 5) is 11.3. The van der Waals surface area contributed by atoms with E-state index >= 15 is 0 Å². The van der Waals surface area contributed by atoms with Crippen molar-refractivity contribution < 1.29 is 9.53 Å². The summed E-state index contributed by atoms with van der Waals surface area (Å²) in [6.45, 7) is 8.57. The Kier molecular flexibility index (Phi) is 4.55. The van der Waals surface area contributed by atoms with Gasteiger partial charge in [-0.2, -0.15) is 0 Å². The van der Waals surface area contributed by atoms with Gasteiger partial charge in [-0.25, -0.2) is 0 Å². The van der Waals surface area contributed by atoms with Crippen LogP contribution in [0.25, 0.3) is 0 Å². The van der Waals surface area contributed by atoms with Gasteiger partial charge in [0.2, 0.25) is 5.91 Å². The lowest BCUT2D eigenvalue weighted by molar-refractivity contribution is -0.120. The third-order valence-corrected chi connectivity index (χ3v) is 3.13. The van der Waals surface area contributed by atoms with Crippen molar-refractivity contribution in [2.24, 2.45) is 0 Å². The maximum atomic E-state index is 11.3. The van der Waals surface area contributed by atoms with Crippen molar-refractivity contribution in [3.8, 4) is 5.75 Å². The van der Waals surface area contributed by atoms with Gasteiger partial charge in [0.05, 0.1) is 7.11 Å². The first-order chi connectivity index (χ1) is 8.01. The second kappa shape index (κ2) is 5.71. The molecule has 1 aromatic carbocycles. The summed E-state index contributed by atoms with van der Waals surface area (Å²) in [6, 6.07) is 2.08. The monoisotopic (exact) mass is 235 g/mol. The number of rotatable bonds is 4. The first-order valence-corrected chi connectivity index (χ1v) is 5.91.